The molecule has 21 heavy (non-hydrogen) atoms. The molecule has 0 saturated heterocycles. The molecular formula is C15H15ClN2O3. The molecule has 5 nitrogen and oxygen atoms in total. The average Bonchev–Trinajstić information content (AvgIpc) is 2.43. The summed E-state index contributed by atoms with van der Waals surface area (Å²) in [7, 11) is 0. The predicted molar refractivity (Wildman–Crippen MR) is 82.0 cm³/mol. The van der Waals surface area contributed by atoms with Crippen molar-refractivity contribution >= 4 is 17.3 Å². The summed E-state index contributed by atoms with van der Waals surface area (Å²) in [5, 5.41) is 11.4. The van der Waals surface area contributed by atoms with Crippen molar-refractivity contribution in [3.8, 4) is 11.5 Å². The van der Waals surface area contributed by atoms with Crippen molar-refractivity contribution in [1.82, 2.24) is 0 Å². The number of benzene rings is 2. The monoisotopic (exact) mass is 306 g/mol. The smallest absolute Gasteiger partial charge is 0.276 e. The first-order valence-electron chi connectivity index (χ1n) is 6.34. The van der Waals surface area contributed by atoms with E-state index >= 15 is 0 Å². The standard InChI is InChI=1S/C15H15ClN2O3/c1-9-5-10(2)15(7-13(9)18(19)20)21-14-4-3-11(8-17)6-12(14)16/h3-7H,8,17H2,1-2H3. The molecule has 0 spiro atoms. The number of ether oxygens (including phenoxy) is 1. The number of rotatable bonds is 4. The fourth-order valence-electron chi connectivity index (χ4n) is 2.00. The van der Waals surface area contributed by atoms with Gasteiger partial charge in [-0.1, -0.05) is 17.7 Å². The lowest BCUT2D eigenvalue weighted by atomic mass is 10.1. The van der Waals surface area contributed by atoms with E-state index in [0.717, 1.165) is 11.1 Å². The second-order valence-corrected chi connectivity index (χ2v) is 5.14. The highest BCUT2D eigenvalue weighted by Gasteiger charge is 2.15. The molecular weight excluding hydrogens is 292 g/mol. The third kappa shape index (κ3) is 3.32. The maximum atomic E-state index is 11.0. The lowest BCUT2D eigenvalue weighted by molar-refractivity contribution is -0.385. The summed E-state index contributed by atoms with van der Waals surface area (Å²) in [4.78, 5) is 10.6. The molecule has 0 heterocycles. The minimum Gasteiger partial charge on any atom is -0.455 e. The Labute approximate surface area is 127 Å². The van der Waals surface area contributed by atoms with Crippen molar-refractivity contribution in [2.24, 2.45) is 5.73 Å². The number of hydrogen-bond donors (Lipinski definition) is 1. The normalized spacial score (nSPS) is 10.5. The van der Waals surface area contributed by atoms with E-state index in [9.17, 15) is 10.1 Å². The van der Waals surface area contributed by atoms with Crippen molar-refractivity contribution < 1.29 is 9.66 Å². The Morgan fingerprint density at radius 3 is 2.48 bits per heavy atom. The van der Waals surface area contributed by atoms with Gasteiger partial charge in [0.05, 0.1) is 16.0 Å². The second-order valence-electron chi connectivity index (χ2n) is 4.73. The van der Waals surface area contributed by atoms with Gasteiger partial charge < -0.3 is 10.5 Å². The van der Waals surface area contributed by atoms with Crippen LogP contribution in [0.25, 0.3) is 0 Å². The Hall–Kier alpha value is -2.11. The van der Waals surface area contributed by atoms with Gasteiger partial charge in [-0.15, -0.1) is 0 Å². The van der Waals surface area contributed by atoms with Gasteiger partial charge in [0.2, 0.25) is 0 Å². The van der Waals surface area contributed by atoms with Crippen molar-refractivity contribution in [1.29, 1.82) is 0 Å². The van der Waals surface area contributed by atoms with Crippen LogP contribution in [0, 0.1) is 24.0 Å². The zero-order valence-corrected chi connectivity index (χ0v) is 12.5. The summed E-state index contributed by atoms with van der Waals surface area (Å²) in [6.07, 6.45) is 0. The van der Waals surface area contributed by atoms with Gasteiger partial charge in [-0.25, -0.2) is 0 Å². The number of halogens is 1. The fourth-order valence-corrected chi connectivity index (χ4v) is 2.24. The zero-order chi connectivity index (χ0) is 15.6. The maximum absolute atomic E-state index is 11.0. The van der Waals surface area contributed by atoms with Gasteiger partial charge in [-0.05, 0) is 43.2 Å². The Bertz CT molecular complexity index is 702. The predicted octanol–water partition coefficient (Wildman–Crippen LogP) is 4.12. The molecule has 0 saturated carbocycles. The number of aryl methyl sites for hydroxylation is 2. The first-order valence-corrected chi connectivity index (χ1v) is 6.72. The summed E-state index contributed by atoms with van der Waals surface area (Å²) in [6.45, 7) is 3.90. The third-order valence-corrected chi connectivity index (χ3v) is 3.44. The minimum atomic E-state index is -0.430. The summed E-state index contributed by atoms with van der Waals surface area (Å²) in [5.41, 5.74) is 7.84. The lowest BCUT2D eigenvalue weighted by Gasteiger charge is -2.11. The van der Waals surface area contributed by atoms with E-state index in [-0.39, 0.29) is 5.69 Å². The summed E-state index contributed by atoms with van der Waals surface area (Å²) in [6, 6.07) is 8.36. The van der Waals surface area contributed by atoms with Crippen LogP contribution in [-0.4, -0.2) is 4.92 Å². The Morgan fingerprint density at radius 2 is 1.90 bits per heavy atom. The van der Waals surface area contributed by atoms with Crippen LogP contribution in [0.5, 0.6) is 11.5 Å². The molecule has 6 heteroatoms. The Kier molecular flexibility index (Phi) is 4.45. The molecule has 0 aliphatic rings. The van der Waals surface area contributed by atoms with E-state index in [1.807, 2.05) is 6.92 Å². The molecule has 0 radical (unpaired) electrons. The highest BCUT2D eigenvalue weighted by Crippen LogP contribution is 2.35. The van der Waals surface area contributed by atoms with Crippen LogP contribution in [0.15, 0.2) is 30.3 Å². The number of nitro groups is 1. The van der Waals surface area contributed by atoms with Crippen molar-refractivity contribution in [3.63, 3.8) is 0 Å². The lowest BCUT2D eigenvalue weighted by Crippen LogP contribution is -1.98. The molecule has 0 amide bonds. The van der Waals surface area contributed by atoms with Gasteiger partial charge in [0.15, 0.2) is 0 Å². The second kappa shape index (κ2) is 6.11. The number of nitro benzene ring substituents is 1. The number of nitrogens with zero attached hydrogens (tertiary/aromatic N) is 1. The quantitative estimate of drug-likeness (QED) is 0.681. The van der Waals surface area contributed by atoms with E-state index in [1.54, 1.807) is 31.2 Å². The van der Waals surface area contributed by atoms with Crippen LogP contribution in [0.2, 0.25) is 5.02 Å². The summed E-state index contributed by atoms with van der Waals surface area (Å²) < 4.78 is 5.71. The molecule has 2 aromatic rings. The summed E-state index contributed by atoms with van der Waals surface area (Å²) >= 11 is 6.13. The van der Waals surface area contributed by atoms with Crippen LogP contribution < -0.4 is 10.5 Å². The molecule has 0 unspecified atom stereocenters. The molecule has 2 N–H and O–H groups in total. The van der Waals surface area contributed by atoms with Crippen LogP contribution in [-0.2, 0) is 6.54 Å². The molecule has 0 aliphatic heterocycles. The molecule has 2 aromatic carbocycles. The average molecular weight is 307 g/mol. The SMILES string of the molecule is Cc1cc(C)c([N+](=O)[O-])cc1Oc1ccc(CN)cc1Cl. The van der Waals surface area contributed by atoms with Crippen LogP contribution in [0.4, 0.5) is 5.69 Å². The molecule has 110 valence electrons. The van der Waals surface area contributed by atoms with E-state index < -0.39 is 4.92 Å². The highest BCUT2D eigenvalue weighted by atomic mass is 35.5. The Balaban J connectivity index is 2.39. The van der Waals surface area contributed by atoms with E-state index in [4.69, 9.17) is 22.1 Å². The van der Waals surface area contributed by atoms with Gasteiger partial charge in [-0.3, -0.25) is 10.1 Å². The van der Waals surface area contributed by atoms with Crippen LogP contribution >= 0.6 is 11.6 Å². The molecule has 2 rings (SSSR count). The fraction of sp³-hybridized carbons (Fsp3) is 0.200. The van der Waals surface area contributed by atoms with Gasteiger partial charge in [0, 0.05) is 12.1 Å². The van der Waals surface area contributed by atoms with E-state index in [2.05, 4.69) is 0 Å². The minimum absolute atomic E-state index is 0.0188. The first-order chi connectivity index (χ1) is 9.92. The van der Waals surface area contributed by atoms with Crippen molar-refractivity contribution in [2.45, 2.75) is 20.4 Å². The van der Waals surface area contributed by atoms with Gasteiger partial charge in [-0.2, -0.15) is 0 Å². The van der Waals surface area contributed by atoms with Gasteiger partial charge in [0.1, 0.15) is 11.5 Å². The number of hydrogen-bond acceptors (Lipinski definition) is 4. The largest absolute Gasteiger partial charge is 0.455 e. The van der Waals surface area contributed by atoms with E-state index in [1.165, 1.54) is 6.07 Å². The first kappa shape index (κ1) is 15.3. The molecule has 0 bridgehead atoms. The van der Waals surface area contributed by atoms with Gasteiger partial charge >= 0.3 is 0 Å². The summed E-state index contributed by atoms with van der Waals surface area (Å²) in [5.74, 6) is 0.852. The van der Waals surface area contributed by atoms with Gasteiger partial charge in [0.25, 0.3) is 5.69 Å². The Morgan fingerprint density at radius 1 is 1.19 bits per heavy atom. The van der Waals surface area contributed by atoms with Crippen molar-refractivity contribution in [2.75, 3.05) is 0 Å². The van der Waals surface area contributed by atoms with Crippen LogP contribution in [0.3, 0.4) is 0 Å². The number of nitrogens with two attached hydrogens (primary N) is 1. The van der Waals surface area contributed by atoms with Crippen LogP contribution in [0.1, 0.15) is 16.7 Å². The molecule has 0 atom stereocenters. The topological polar surface area (TPSA) is 78.4 Å². The molecule has 0 aliphatic carbocycles. The zero-order valence-electron chi connectivity index (χ0n) is 11.7. The highest BCUT2D eigenvalue weighted by molar-refractivity contribution is 6.32. The van der Waals surface area contributed by atoms with Crippen molar-refractivity contribution in [3.05, 3.63) is 62.2 Å². The molecule has 0 aromatic heterocycles. The molecule has 0 fully saturated rings. The maximum Gasteiger partial charge on any atom is 0.276 e. The third-order valence-electron chi connectivity index (χ3n) is 3.14. The van der Waals surface area contributed by atoms with E-state index in [0.29, 0.717) is 28.6 Å².